The van der Waals surface area contributed by atoms with Crippen LogP contribution in [0, 0.1) is 26.7 Å². The van der Waals surface area contributed by atoms with Crippen LogP contribution in [0.3, 0.4) is 0 Å². The number of nitrogens with zero attached hydrogens (tertiary/aromatic N) is 1. The molecule has 1 N–H and O–H groups in total. The second kappa shape index (κ2) is 6.41. The van der Waals surface area contributed by atoms with Gasteiger partial charge in [0, 0.05) is 24.7 Å². The Morgan fingerprint density at radius 3 is 2.27 bits per heavy atom. The summed E-state index contributed by atoms with van der Waals surface area (Å²) in [5, 5.41) is 3.62. The predicted molar refractivity (Wildman–Crippen MR) is 90.3 cm³/mol. The topological polar surface area (TPSA) is 32.3 Å². The Morgan fingerprint density at radius 2 is 1.73 bits per heavy atom. The lowest BCUT2D eigenvalue weighted by Gasteiger charge is -2.35. The van der Waals surface area contributed by atoms with Crippen LogP contribution in [0.5, 0.6) is 0 Å². The third-order valence-electron chi connectivity index (χ3n) is 5.39. The van der Waals surface area contributed by atoms with E-state index in [9.17, 15) is 4.79 Å². The monoisotopic (exact) mass is 300 g/mol. The van der Waals surface area contributed by atoms with E-state index in [2.05, 4.69) is 43.1 Å². The molecule has 1 unspecified atom stereocenters. The first-order valence-electron chi connectivity index (χ1n) is 8.67. The van der Waals surface area contributed by atoms with Crippen molar-refractivity contribution < 1.29 is 4.79 Å². The molecule has 0 aliphatic carbocycles. The lowest BCUT2D eigenvalue weighted by molar-refractivity contribution is 0.0673. The molecule has 3 heteroatoms. The number of hydrogen-bond acceptors (Lipinski definition) is 2. The molecule has 2 fully saturated rings. The Labute approximate surface area is 134 Å². The van der Waals surface area contributed by atoms with E-state index in [4.69, 9.17) is 0 Å². The van der Waals surface area contributed by atoms with Gasteiger partial charge in [0.1, 0.15) is 0 Å². The maximum atomic E-state index is 12.9. The molecule has 0 bridgehead atoms. The number of nitrogens with one attached hydrogen (secondary N) is 1. The number of aryl methyl sites for hydroxylation is 3. The van der Waals surface area contributed by atoms with Gasteiger partial charge in [-0.25, -0.2) is 0 Å². The molecule has 120 valence electrons. The Morgan fingerprint density at radius 1 is 1.09 bits per heavy atom. The van der Waals surface area contributed by atoms with Crippen LogP contribution in [0.2, 0.25) is 0 Å². The molecule has 1 aromatic rings. The molecule has 1 amide bonds. The standard InChI is InChI=1S/C19H28N2O/c1-13-11-14(2)18(15(3)12-13)19(22)21-9-6-16(7-10-21)17-5-4-8-20-17/h11-12,16-17,20H,4-10H2,1-3H3. The van der Waals surface area contributed by atoms with E-state index < -0.39 is 0 Å². The molecule has 0 spiro atoms. The molecule has 0 radical (unpaired) electrons. The van der Waals surface area contributed by atoms with Crippen molar-refractivity contribution in [3.63, 3.8) is 0 Å². The number of benzene rings is 1. The number of rotatable bonds is 2. The molecular formula is C19H28N2O. The van der Waals surface area contributed by atoms with E-state index in [0.29, 0.717) is 6.04 Å². The van der Waals surface area contributed by atoms with Gasteiger partial charge in [-0.1, -0.05) is 17.7 Å². The molecule has 2 saturated heterocycles. The summed E-state index contributed by atoms with van der Waals surface area (Å²) in [7, 11) is 0. The van der Waals surface area contributed by atoms with Gasteiger partial charge < -0.3 is 10.2 Å². The number of carbonyl (C=O) groups is 1. The maximum absolute atomic E-state index is 12.9. The SMILES string of the molecule is Cc1cc(C)c(C(=O)N2CCC(C3CCCN3)CC2)c(C)c1. The summed E-state index contributed by atoms with van der Waals surface area (Å²) in [5.41, 5.74) is 4.38. The fourth-order valence-corrected chi connectivity index (χ4v) is 4.29. The van der Waals surface area contributed by atoms with E-state index in [1.165, 1.54) is 24.9 Å². The third-order valence-corrected chi connectivity index (χ3v) is 5.39. The normalized spacial score (nSPS) is 23.0. The van der Waals surface area contributed by atoms with E-state index in [0.717, 1.165) is 48.5 Å². The van der Waals surface area contributed by atoms with Crippen molar-refractivity contribution in [3.05, 3.63) is 34.4 Å². The van der Waals surface area contributed by atoms with Crippen molar-refractivity contribution in [3.8, 4) is 0 Å². The smallest absolute Gasteiger partial charge is 0.254 e. The molecule has 2 heterocycles. The summed E-state index contributed by atoms with van der Waals surface area (Å²) < 4.78 is 0. The van der Waals surface area contributed by atoms with E-state index in [1.807, 2.05) is 0 Å². The van der Waals surface area contributed by atoms with Crippen LogP contribution in [-0.2, 0) is 0 Å². The Bertz CT molecular complexity index is 530. The van der Waals surface area contributed by atoms with Gasteiger partial charge in [0.15, 0.2) is 0 Å². The molecule has 22 heavy (non-hydrogen) atoms. The number of likely N-dealkylation sites (tertiary alicyclic amines) is 1. The quantitative estimate of drug-likeness (QED) is 0.909. The van der Waals surface area contributed by atoms with E-state index >= 15 is 0 Å². The molecule has 2 aliphatic heterocycles. The second-order valence-corrected chi connectivity index (χ2v) is 7.11. The second-order valence-electron chi connectivity index (χ2n) is 7.11. The lowest BCUT2D eigenvalue weighted by atomic mass is 9.88. The number of amides is 1. The van der Waals surface area contributed by atoms with Crippen LogP contribution in [0.4, 0.5) is 0 Å². The minimum absolute atomic E-state index is 0.229. The molecule has 0 aromatic heterocycles. The first kappa shape index (κ1) is 15.5. The van der Waals surface area contributed by atoms with Crippen LogP contribution in [0.15, 0.2) is 12.1 Å². The summed E-state index contributed by atoms with van der Waals surface area (Å²) in [6.07, 6.45) is 4.92. The molecule has 0 saturated carbocycles. The van der Waals surface area contributed by atoms with Crippen LogP contribution in [0.25, 0.3) is 0 Å². The molecule has 1 atom stereocenters. The third kappa shape index (κ3) is 3.05. The van der Waals surface area contributed by atoms with Crippen molar-refractivity contribution in [2.45, 2.75) is 52.5 Å². The fourth-order valence-electron chi connectivity index (χ4n) is 4.29. The Kier molecular flexibility index (Phi) is 4.53. The predicted octanol–water partition coefficient (Wildman–Crippen LogP) is 3.22. The van der Waals surface area contributed by atoms with Gasteiger partial charge in [-0.3, -0.25) is 4.79 Å². The zero-order valence-electron chi connectivity index (χ0n) is 14.1. The van der Waals surface area contributed by atoms with Crippen LogP contribution in [-0.4, -0.2) is 36.5 Å². The Balaban J connectivity index is 1.67. The highest BCUT2D eigenvalue weighted by Crippen LogP contribution is 2.27. The van der Waals surface area contributed by atoms with Crippen LogP contribution >= 0.6 is 0 Å². The van der Waals surface area contributed by atoms with Crippen molar-refractivity contribution in [1.29, 1.82) is 0 Å². The fraction of sp³-hybridized carbons (Fsp3) is 0.632. The van der Waals surface area contributed by atoms with Crippen LogP contribution in [0.1, 0.15) is 52.7 Å². The van der Waals surface area contributed by atoms with E-state index in [1.54, 1.807) is 0 Å². The molecule has 2 aliphatic rings. The minimum Gasteiger partial charge on any atom is -0.339 e. The van der Waals surface area contributed by atoms with Gasteiger partial charge in [0.25, 0.3) is 5.91 Å². The zero-order valence-corrected chi connectivity index (χ0v) is 14.1. The highest BCUT2D eigenvalue weighted by molar-refractivity contribution is 5.97. The van der Waals surface area contributed by atoms with Crippen molar-refractivity contribution >= 4 is 5.91 Å². The lowest BCUT2D eigenvalue weighted by Crippen LogP contribution is -2.43. The average Bonchev–Trinajstić information content (AvgIpc) is 3.00. The van der Waals surface area contributed by atoms with Crippen molar-refractivity contribution in [1.82, 2.24) is 10.2 Å². The van der Waals surface area contributed by atoms with Gasteiger partial charge in [-0.2, -0.15) is 0 Å². The molecule has 3 nitrogen and oxygen atoms in total. The summed E-state index contributed by atoms with van der Waals surface area (Å²) in [6.45, 7) is 9.20. The van der Waals surface area contributed by atoms with Gasteiger partial charge in [0.05, 0.1) is 0 Å². The Hall–Kier alpha value is -1.35. The highest BCUT2D eigenvalue weighted by Gasteiger charge is 2.30. The molecule has 1 aromatic carbocycles. The summed E-state index contributed by atoms with van der Waals surface area (Å²) in [5.74, 6) is 0.986. The van der Waals surface area contributed by atoms with Crippen molar-refractivity contribution in [2.24, 2.45) is 5.92 Å². The van der Waals surface area contributed by atoms with E-state index in [-0.39, 0.29) is 5.91 Å². The van der Waals surface area contributed by atoms with Crippen LogP contribution < -0.4 is 5.32 Å². The summed E-state index contributed by atoms with van der Waals surface area (Å²) in [6, 6.07) is 4.94. The number of carbonyl (C=O) groups excluding carboxylic acids is 1. The van der Waals surface area contributed by atoms with Gasteiger partial charge in [0.2, 0.25) is 0 Å². The highest BCUT2D eigenvalue weighted by atomic mass is 16.2. The largest absolute Gasteiger partial charge is 0.339 e. The van der Waals surface area contributed by atoms with Crippen molar-refractivity contribution in [2.75, 3.05) is 19.6 Å². The van der Waals surface area contributed by atoms with Gasteiger partial charge in [-0.15, -0.1) is 0 Å². The minimum atomic E-state index is 0.229. The van der Waals surface area contributed by atoms with Gasteiger partial charge >= 0.3 is 0 Å². The maximum Gasteiger partial charge on any atom is 0.254 e. The average molecular weight is 300 g/mol. The zero-order chi connectivity index (χ0) is 15.7. The van der Waals surface area contributed by atoms with Gasteiger partial charge in [-0.05, 0) is 70.0 Å². The number of piperidine rings is 1. The number of hydrogen-bond donors (Lipinski definition) is 1. The molecule has 3 rings (SSSR count). The first-order valence-corrected chi connectivity index (χ1v) is 8.67. The first-order chi connectivity index (χ1) is 10.6. The molecular weight excluding hydrogens is 272 g/mol. The summed E-state index contributed by atoms with van der Waals surface area (Å²) in [4.78, 5) is 15.0. The summed E-state index contributed by atoms with van der Waals surface area (Å²) >= 11 is 0.